The molecule has 0 bridgehead atoms. The van der Waals surface area contributed by atoms with Crippen molar-refractivity contribution in [3.63, 3.8) is 0 Å². The van der Waals surface area contributed by atoms with Crippen molar-refractivity contribution in [1.82, 2.24) is 14.8 Å². The van der Waals surface area contributed by atoms with Crippen LogP contribution in [-0.4, -0.2) is 24.8 Å². The van der Waals surface area contributed by atoms with E-state index in [4.69, 9.17) is 0 Å². The maximum atomic E-state index is 11.2. The first-order chi connectivity index (χ1) is 9.60. The fourth-order valence-corrected chi connectivity index (χ4v) is 2.19. The number of rotatable bonds is 5. The molecule has 2 aromatic rings. The Labute approximate surface area is 116 Å². The van der Waals surface area contributed by atoms with Crippen LogP contribution in [0.15, 0.2) is 18.2 Å². The summed E-state index contributed by atoms with van der Waals surface area (Å²) in [5.74, 6) is 0.847. The Kier molecular flexibility index (Phi) is 4.09. The molecule has 0 fully saturated rings. The third kappa shape index (κ3) is 2.39. The van der Waals surface area contributed by atoms with Gasteiger partial charge in [0.2, 0.25) is 0 Å². The summed E-state index contributed by atoms with van der Waals surface area (Å²) in [5.41, 5.74) is 1.21. The third-order valence-electron chi connectivity index (χ3n) is 3.09. The quantitative estimate of drug-likeness (QED) is 0.666. The molecule has 106 valence electrons. The second kappa shape index (κ2) is 5.79. The first kappa shape index (κ1) is 14.1. The van der Waals surface area contributed by atoms with Crippen molar-refractivity contribution in [3.05, 3.63) is 39.7 Å². The molecule has 0 aliphatic heterocycles. The molecule has 0 amide bonds. The van der Waals surface area contributed by atoms with E-state index in [-0.39, 0.29) is 12.3 Å². The number of aliphatic hydroxyl groups excluding tert-OH is 1. The molecular weight excluding hydrogens is 260 g/mol. The number of aromatic nitrogens is 3. The van der Waals surface area contributed by atoms with Crippen LogP contribution in [0.25, 0.3) is 11.4 Å². The predicted molar refractivity (Wildman–Crippen MR) is 73.1 cm³/mol. The first-order valence-corrected chi connectivity index (χ1v) is 6.37. The molecule has 0 radical (unpaired) electrons. The maximum Gasteiger partial charge on any atom is 0.280 e. The highest BCUT2D eigenvalue weighted by Gasteiger charge is 2.23. The van der Waals surface area contributed by atoms with Crippen molar-refractivity contribution in [2.24, 2.45) is 0 Å². The molecule has 7 heteroatoms. The Morgan fingerprint density at radius 1 is 1.40 bits per heavy atom. The van der Waals surface area contributed by atoms with Gasteiger partial charge in [0.05, 0.1) is 10.5 Å². The van der Waals surface area contributed by atoms with E-state index in [0.717, 1.165) is 12.0 Å². The number of nitrogens with zero attached hydrogens (tertiary/aromatic N) is 4. The zero-order valence-corrected chi connectivity index (χ0v) is 11.4. The number of aliphatic hydroxyl groups is 1. The van der Waals surface area contributed by atoms with Gasteiger partial charge in [-0.3, -0.25) is 10.1 Å². The van der Waals surface area contributed by atoms with Gasteiger partial charge in [-0.25, -0.2) is 0 Å². The predicted octanol–water partition coefficient (Wildman–Crippen LogP) is 2.06. The lowest BCUT2D eigenvalue weighted by atomic mass is 10.1. The highest BCUT2D eigenvalue weighted by molar-refractivity contribution is 5.72. The maximum absolute atomic E-state index is 11.2. The van der Waals surface area contributed by atoms with E-state index in [2.05, 4.69) is 10.2 Å². The highest BCUT2D eigenvalue weighted by Crippen LogP contribution is 2.32. The van der Waals surface area contributed by atoms with E-state index >= 15 is 0 Å². The van der Waals surface area contributed by atoms with Crippen molar-refractivity contribution in [1.29, 1.82) is 0 Å². The molecule has 0 atom stereocenters. The average molecular weight is 276 g/mol. The molecule has 0 saturated heterocycles. The summed E-state index contributed by atoms with van der Waals surface area (Å²) < 4.78 is 1.73. The van der Waals surface area contributed by atoms with Crippen LogP contribution in [0.2, 0.25) is 0 Å². The second-order valence-electron chi connectivity index (χ2n) is 4.48. The largest absolute Gasteiger partial charge is 0.388 e. The van der Waals surface area contributed by atoms with Crippen molar-refractivity contribution >= 4 is 5.69 Å². The molecule has 1 heterocycles. The van der Waals surface area contributed by atoms with Gasteiger partial charge in [0.1, 0.15) is 6.61 Å². The van der Waals surface area contributed by atoms with Crippen LogP contribution in [0.4, 0.5) is 5.69 Å². The monoisotopic (exact) mass is 276 g/mol. The SMILES string of the molecule is CCCn1c(CO)nnc1-c1c(C)cccc1[N+](=O)[O-]. The zero-order valence-electron chi connectivity index (χ0n) is 11.4. The summed E-state index contributed by atoms with van der Waals surface area (Å²) in [7, 11) is 0. The number of benzene rings is 1. The van der Waals surface area contributed by atoms with Crippen molar-refractivity contribution in [2.45, 2.75) is 33.4 Å². The molecule has 1 aromatic carbocycles. The van der Waals surface area contributed by atoms with Gasteiger partial charge in [-0.2, -0.15) is 0 Å². The van der Waals surface area contributed by atoms with Crippen LogP contribution in [-0.2, 0) is 13.2 Å². The van der Waals surface area contributed by atoms with Gasteiger partial charge in [-0.15, -0.1) is 10.2 Å². The molecule has 7 nitrogen and oxygen atoms in total. The Bertz CT molecular complexity index is 637. The fraction of sp³-hybridized carbons (Fsp3) is 0.385. The molecule has 0 aliphatic carbocycles. The van der Waals surface area contributed by atoms with E-state index in [9.17, 15) is 15.2 Å². The van der Waals surface area contributed by atoms with Gasteiger partial charge >= 0.3 is 0 Å². The molecule has 0 unspecified atom stereocenters. The summed E-state index contributed by atoms with van der Waals surface area (Å²) in [6.45, 7) is 4.14. The number of nitro groups is 1. The van der Waals surface area contributed by atoms with E-state index < -0.39 is 4.92 Å². The molecule has 1 aromatic heterocycles. The van der Waals surface area contributed by atoms with Crippen LogP contribution in [0.1, 0.15) is 24.7 Å². The number of hydrogen-bond acceptors (Lipinski definition) is 5. The van der Waals surface area contributed by atoms with Crippen LogP contribution < -0.4 is 0 Å². The lowest BCUT2D eigenvalue weighted by Crippen LogP contribution is -2.07. The Morgan fingerprint density at radius 3 is 2.75 bits per heavy atom. The van der Waals surface area contributed by atoms with Gasteiger partial charge < -0.3 is 9.67 Å². The summed E-state index contributed by atoms with van der Waals surface area (Å²) in [4.78, 5) is 10.8. The zero-order chi connectivity index (χ0) is 14.7. The molecule has 0 aliphatic rings. The molecular formula is C13H16N4O3. The minimum atomic E-state index is -0.425. The minimum absolute atomic E-state index is 0.000701. The van der Waals surface area contributed by atoms with Crippen LogP contribution in [0.5, 0.6) is 0 Å². The van der Waals surface area contributed by atoms with Gasteiger partial charge in [0.25, 0.3) is 5.69 Å². The standard InChI is InChI=1S/C13H16N4O3/c1-3-7-16-11(8-18)14-15-13(16)12-9(2)5-4-6-10(12)17(19)20/h4-6,18H,3,7-8H2,1-2H3. The molecule has 1 N–H and O–H groups in total. The highest BCUT2D eigenvalue weighted by atomic mass is 16.6. The van der Waals surface area contributed by atoms with Gasteiger partial charge in [-0.1, -0.05) is 19.1 Å². The Hall–Kier alpha value is -2.28. The van der Waals surface area contributed by atoms with Crippen LogP contribution in [0.3, 0.4) is 0 Å². The summed E-state index contributed by atoms with van der Waals surface area (Å²) >= 11 is 0. The van der Waals surface area contributed by atoms with Crippen molar-refractivity contribution in [3.8, 4) is 11.4 Å². The normalized spacial score (nSPS) is 10.8. The van der Waals surface area contributed by atoms with E-state index in [1.54, 1.807) is 23.6 Å². The average Bonchev–Trinajstić information content (AvgIpc) is 2.81. The fourth-order valence-electron chi connectivity index (χ4n) is 2.19. The lowest BCUT2D eigenvalue weighted by molar-refractivity contribution is -0.384. The van der Waals surface area contributed by atoms with Gasteiger partial charge in [0.15, 0.2) is 11.6 Å². The molecule has 2 rings (SSSR count). The van der Waals surface area contributed by atoms with Crippen molar-refractivity contribution < 1.29 is 10.0 Å². The van der Waals surface area contributed by atoms with Crippen molar-refractivity contribution in [2.75, 3.05) is 0 Å². The number of aryl methyl sites for hydroxylation is 1. The Morgan fingerprint density at radius 2 is 2.15 bits per heavy atom. The topological polar surface area (TPSA) is 94.1 Å². The number of nitro benzene ring substituents is 1. The van der Waals surface area contributed by atoms with Gasteiger partial charge in [0, 0.05) is 12.6 Å². The van der Waals surface area contributed by atoms with Gasteiger partial charge in [-0.05, 0) is 18.9 Å². The smallest absolute Gasteiger partial charge is 0.280 e. The van der Waals surface area contributed by atoms with E-state index in [1.165, 1.54) is 6.07 Å². The summed E-state index contributed by atoms with van der Waals surface area (Å²) in [6, 6.07) is 4.89. The summed E-state index contributed by atoms with van der Waals surface area (Å²) in [6.07, 6.45) is 0.817. The third-order valence-corrected chi connectivity index (χ3v) is 3.09. The summed E-state index contributed by atoms with van der Waals surface area (Å²) in [5, 5.41) is 28.4. The molecule has 0 spiro atoms. The molecule has 20 heavy (non-hydrogen) atoms. The second-order valence-corrected chi connectivity index (χ2v) is 4.48. The molecule has 0 saturated carbocycles. The van der Waals surface area contributed by atoms with Crippen LogP contribution in [0, 0.1) is 17.0 Å². The number of hydrogen-bond donors (Lipinski definition) is 1. The van der Waals surface area contributed by atoms with E-state index in [1.807, 2.05) is 6.92 Å². The van der Waals surface area contributed by atoms with Crippen LogP contribution >= 0.6 is 0 Å². The van der Waals surface area contributed by atoms with E-state index in [0.29, 0.717) is 23.8 Å². The lowest BCUT2D eigenvalue weighted by Gasteiger charge is -2.10. The Balaban J connectivity index is 2.68. The minimum Gasteiger partial charge on any atom is -0.388 e. The first-order valence-electron chi connectivity index (χ1n) is 6.37.